The molecule has 1 fully saturated rings. The van der Waals surface area contributed by atoms with E-state index in [0.717, 1.165) is 62.6 Å². The number of hydrogen-bond donors (Lipinski definition) is 1. The van der Waals surface area contributed by atoms with E-state index in [1.165, 1.54) is 5.69 Å². The smallest absolute Gasteiger partial charge is 0.252 e. The molecule has 0 aliphatic carbocycles. The molecule has 1 N–H and O–H groups in total. The van der Waals surface area contributed by atoms with Crippen LogP contribution in [0, 0.1) is 6.92 Å². The molecule has 0 saturated carbocycles. The summed E-state index contributed by atoms with van der Waals surface area (Å²) in [6, 6.07) is 12.3. The van der Waals surface area contributed by atoms with Crippen LogP contribution < -0.4 is 5.32 Å². The Labute approximate surface area is 149 Å². The van der Waals surface area contributed by atoms with Crippen molar-refractivity contribution in [1.29, 1.82) is 0 Å². The first-order valence-corrected chi connectivity index (χ1v) is 8.99. The van der Waals surface area contributed by atoms with Crippen molar-refractivity contribution in [3.05, 3.63) is 53.3 Å². The van der Waals surface area contributed by atoms with Crippen LogP contribution in [0.4, 0.5) is 0 Å². The zero-order valence-electron chi connectivity index (χ0n) is 15.1. The molecule has 25 heavy (non-hydrogen) atoms. The standard InChI is InChI=1S/C20H27N3O2/c1-16-19(20(24)21-2)15-18(23(16)17-7-4-3-5-8-17)9-6-10-22-11-13-25-14-12-22/h3-5,7-8,15H,6,9-14H2,1-2H3,(H,21,24). The summed E-state index contributed by atoms with van der Waals surface area (Å²) in [5, 5.41) is 2.75. The molecule has 134 valence electrons. The van der Waals surface area contributed by atoms with Gasteiger partial charge in [-0.05, 0) is 44.5 Å². The maximum Gasteiger partial charge on any atom is 0.252 e. The predicted molar refractivity (Wildman–Crippen MR) is 99.5 cm³/mol. The number of benzene rings is 1. The molecule has 1 aliphatic heterocycles. The summed E-state index contributed by atoms with van der Waals surface area (Å²) in [5.74, 6) is -0.0263. The number of hydrogen-bond acceptors (Lipinski definition) is 3. The van der Waals surface area contributed by atoms with Crippen LogP contribution in [0.1, 0.15) is 28.2 Å². The van der Waals surface area contributed by atoms with E-state index in [0.29, 0.717) is 0 Å². The number of aryl methyl sites for hydroxylation is 1. The molecule has 1 aliphatic rings. The van der Waals surface area contributed by atoms with Gasteiger partial charge in [0, 0.05) is 37.2 Å². The average Bonchev–Trinajstić information content (AvgIpc) is 2.99. The van der Waals surface area contributed by atoms with Gasteiger partial charge in [-0.25, -0.2) is 0 Å². The molecule has 5 heteroatoms. The number of para-hydroxylation sites is 1. The van der Waals surface area contributed by atoms with Crippen molar-refractivity contribution in [2.24, 2.45) is 0 Å². The van der Waals surface area contributed by atoms with Gasteiger partial charge in [-0.2, -0.15) is 0 Å². The van der Waals surface area contributed by atoms with Gasteiger partial charge in [0.25, 0.3) is 5.91 Å². The Morgan fingerprint density at radius 1 is 1.20 bits per heavy atom. The minimum Gasteiger partial charge on any atom is -0.379 e. The molecule has 3 rings (SSSR count). The van der Waals surface area contributed by atoms with E-state index in [2.05, 4.69) is 26.9 Å². The normalized spacial score (nSPS) is 15.3. The third-order valence-corrected chi connectivity index (χ3v) is 4.82. The Morgan fingerprint density at radius 2 is 1.92 bits per heavy atom. The van der Waals surface area contributed by atoms with Gasteiger partial charge in [0.2, 0.25) is 0 Å². The Morgan fingerprint density at radius 3 is 2.60 bits per heavy atom. The van der Waals surface area contributed by atoms with E-state index < -0.39 is 0 Å². The second-order valence-corrected chi connectivity index (χ2v) is 6.44. The molecule has 2 heterocycles. The number of ether oxygens (including phenoxy) is 1. The number of carbonyl (C=O) groups is 1. The number of carbonyl (C=O) groups excluding carboxylic acids is 1. The van der Waals surface area contributed by atoms with E-state index in [9.17, 15) is 4.79 Å². The van der Waals surface area contributed by atoms with Crippen molar-refractivity contribution in [3.63, 3.8) is 0 Å². The molecule has 0 unspecified atom stereocenters. The SMILES string of the molecule is CNC(=O)c1cc(CCCN2CCOCC2)n(-c2ccccc2)c1C. The monoisotopic (exact) mass is 341 g/mol. The van der Waals surface area contributed by atoms with Gasteiger partial charge in [-0.3, -0.25) is 9.69 Å². The summed E-state index contributed by atoms with van der Waals surface area (Å²) < 4.78 is 7.62. The topological polar surface area (TPSA) is 46.5 Å². The zero-order chi connectivity index (χ0) is 17.6. The number of morpholine rings is 1. The Kier molecular flexibility index (Phi) is 5.89. The van der Waals surface area contributed by atoms with E-state index in [-0.39, 0.29) is 5.91 Å². The third kappa shape index (κ3) is 4.11. The molecule has 0 radical (unpaired) electrons. The lowest BCUT2D eigenvalue weighted by atomic mass is 10.2. The van der Waals surface area contributed by atoms with Crippen molar-refractivity contribution < 1.29 is 9.53 Å². The van der Waals surface area contributed by atoms with Gasteiger partial charge in [0.1, 0.15) is 0 Å². The fourth-order valence-corrected chi connectivity index (χ4v) is 3.47. The minimum atomic E-state index is -0.0263. The number of rotatable bonds is 6. The lowest BCUT2D eigenvalue weighted by Gasteiger charge is -2.26. The van der Waals surface area contributed by atoms with Crippen LogP contribution in [-0.4, -0.2) is 55.3 Å². The molecule has 5 nitrogen and oxygen atoms in total. The second kappa shape index (κ2) is 8.32. The summed E-state index contributed by atoms with van der Waals surface area (Å²) in [7, 11) is 1.68. The number of amides is 1. The average molecular weight is 341 g/mol. The van der Waals surface area contributed by atoms with Crippen LogP contribution >= 0.6 is 0 Å². The van der Waals surface area contributed by atoms with Crippen LogP contribution in [0.15, 0.2) is 36.4 Å². The molecule has 0 spiro atoms. The first kappa shape index (κ1) is 17.7. The van der Waals surface area contributed by atoms with Crippen LogP contribution in [-0.2, 0) is 11.2 Å². The van der Waals surface area contributed by atoms with Gasteiger partial charge in [-0.15, -0.1) is 0 Å². The van der Waals surface area contributed by atoms with Crippen molar-refractivity contribution >= 4 is 5.91 Å². The minimum absolute atomic E-state index is 0.0263. The highest BCUT2D eigenvalue weighted by atomic mass is 16.5. The van der Waals surface area contributed by atoms with Gasteiger partial charge >= 0.3 is 0 Å². The summed E-state index contributed by atoms with van der Waals surface area (Å²) in [5.41, 5.74) is 4.05. The summed E-state index contributed by atoms with van der Waals surface area (Å²) in [4.78, 5) is 14.7. The van der Waals surface area contributed by atoms with Crippen molar-refractivity contribution in [2.75, 3.05) is 39.9 Å². The van der Waals surface area contributed by atoms with Crippen molar-refractivity contribution in [3.8, 4) is 5.69 Å². The fraction of sp³-hybridized carbons (Fsp3) is 0.450. The van der Waals surface area contributed by atoms with Gasteiger partial charge in [-0.1, -0.05) is 18.2 Å². The van der Waals surface area contributed by atoms with Crippen LogP contribution in [0.25, 0.3) is 5.69 Å². The zero-order valence-corrected chi connectivity index (χ0v) is 15.1. The molecule has 1 aromatic heterocycles. The molecule has 1 aromatic carbocycles. The van der Waals surface area contributed by atoms with E-state index in [1.807, 2.05) is 31.2 Å². The highest BCUT2D eigenvalue weighted by Gasteiger charge is 2.18. The van der Waals surface area contributed by atoms with Crippen LogP contribution in [0.5, 0.6) is 0 Å². The van der Waals surface area contributed by atoms with Crippen molar-refractivity contribution in [2.45, 2.75) is 19.8 Å². The predicted octanol–water partition coefficient (Wildman–Crippen LogP) is 2.41. The fourth-order valence-electron chi connectivity index (χ4n) is 3.47. The van der Waals surface area contributed by atoms with E-state index in [1.54, 1.807) is 7.05 Å². The Balaban J connectivity index is 1.80. The first-order valence-electron chi connectivity index (χ1n) is 8.99. The molecule has 1 saturated heterocycles. The summed E-state index contributed by atoms with van der Waals surface area (Å²) in [6.07, 6.45) is 2.02. The van der Waals surface area contributed by atoms with Crippen molar-refractivity contribution in [1.82, 2.24) is 14.8 Å². The molecular weight excluding hydrogens is 314 g/mol. The highest BCUT2D eigenvalue weighted by Crippen LogP contribution is 2.22. The third-order valence-electron chi connectivity index (χ3n) is 4.82. The summed E-state index contributed by atoms with van der Waals surface area (Å²) in [6.45, 7) is 6.78. The Hall–Kier alpha value is -2.11. The maximum absolute atomic E-state index is 12.2. The molecule has 1 amide bonds. The summed E-state index contributed by atoms with van der Waals surface area (Å²) >= 11 is 0. The lowest BCUT2D eigenvalue weighted by molar-refractivity contribution is 0.0374. The first-order chi connectivity index (χ1) is 12.2. The Bertz CT molecular complexity index is 703. The van der Waals surface area contributed by atoms with Crippen LogP contribution in [0.2, 0.25) is 0 Å². The second-order valence-electron chi connectivity index (χ2n) is 6.44. The number of aromatic nitrogens is 1. The lowest BCUT2D eigenvalue weighted by Crippen LogP contribution is -2.37. The number of nitrogens with zero attached hydrogens (tertiary/aromatic N) is 2. The van der Waals surface area contributed by atoms with Gasteiger partial charge < -0.3 is 14.6 Å². The van der Waals surface area contributed by atoms with E-state index in [4.69, 9.17) is 4.74 Å². The molecule has 2 aromatic rings. The number of nitrogens with one attached hydrogen (secondary N) is 1. The highest BCUT2D eigenvalue weighted by molar-refractivity contribution is 5.95. The maximum atomic E-state index is 12.2. The van der Waals surface area contributed by atoms with Gasteiger partial charge in [0.15, 0.2) is 0 Å². The largest absolute Gasteiger partial charge is 0.379 e. The quantitative estimate of drug-likeness (QED) is 0.878. The molecular formula is C20H27N3O2. The molecule has 0 bridgehead atoms. The van der Waals surface area contributed by atoms with Gasteiger partial charge in [0.05, 0.1) is 18.8 Å². The molecule has 0 atom stereocenters. The van der Waals surface area contributed by atoms with E-state index >= 15 is 0 Å². The van der Waals surface area contributed by atoms with Crippen LogP contribution in [0.3, 0.4) is 0 Å².